The van der Waals surface area contributed by atoms with Crippen molar-refractivity contribution in [1.29, 1.82) is 5.26 Å². The maximum Gasteiger partial charge on any atom is 0.124 e. The van der Waals surface area contributed by atoms with Gasteiger partial charge in [-0.2, -0.15) is 5.26 Å². The molecule has 1 fully saturated rings. The monoisotopic (exact) mass is 276 g/mol. The Morgan fingerprint density at radius 2 is 2.10 bits per heavy atom. The lowest BCUT2D eigenvalue weighted by molar-refractivity contribution is 0.104. The normalized spacial score (nSPS) is 26.2. The Hall–Kier alpha value is -1.44. The molecular weight excluding hydrogens is 255 g/mol. The number of aliphatic hydroxyl groups is 1. The molecule has 4 heteroatoms. The third-order valence-electron chi connectivity index (χ3n) is 4.29. The van der Waals surface area contributed by atoms with E-state index in [0.29, 0.717) is 18.0 Å². The van der Waals surface area contributed by atoms with Crippen LogP contribution in [0.25, 0.3) is 0 Å². The summed E-state index contributed by atoms with van der Waals surface area (Å²) in [4.78, 5) is 0. The van der Waals surface area contributed by atoms with E-state index in [1.807, 2.05) is 6.07 Å². The van der Waals surface area contributed by atoms with Crippen molar-refractivity contribution in [2.45, 2.75) is 44.7 Å². The Balaban J connectivity index is 2.03. The lowest BCUT2D eigenvalue weighted by Gasteiger charge is -2.39. The molecule has 0 atom stereocenters. The first-order chi connectivity index (χ1) is 9.57. The van der Waals surface area contributed by atoms with Gasteiger partial charge in [-0.25, -0.2) is 4.39 Å². The van der Waals surface area contributed by atoms with Crippen LogP contribution >= 0.6 is 0 Å². The maximum atomic E-state index is 13.4. The number of rotatable bonds is 4. The summed E-state index contributed by atoms with van der Waals surface area (Å²) >= 11 is 0. The highest BCUT2D eigenvalue weighted by Crippen LogP contribution is 2.31. The fourth-order valence-corrected chi connectivity index (χ4v) is 2.81. The maximum absolute atomic E-state index is 13.4. The highest BCUT2D eigenvalue weighted by molar-refractivity contribution is 5.33. The minimum Gasteiger partial charge on any atom is -0.394 e. The predicted octanol–water partition coefficient (Wildman–Crippen LogP) is 2.73. The van der Waals surface area contributed by atoms with Gasteiger partial charge in [0.25, 0.3) is 0 Å². The number of hydrogen-bond donors (Lipinski definition) is 2. The van der Waals surface area contributed by atoms with E-state index in [4.69, 9.17) is 5.26 Å². The zero-order valence-corrected chi connectivity index (χ0v) is 11.8. The van der Waals surface area contributed by atoms with E-state index in [1.165, 1.54) is 12.1 Å². The van der Waals surface area contributed by atoms with E-state index in [-0.39, 0.29) is 12.1 Å². The Bertz CT molecular complexity index is 502. The largest absolute Gasteiger partial charge is 0.394 e. The second-order valence-corrected chi connectivity index (χ2v) is 5.93. The van der Waals surface area contributed by atoms with Crippen LogP contribution in [0.4, 0.5) is 4.39 Å². The summed E-state index contributed by atoms with van der Waals surface area (Å²) in [6.45, 7) is 2.80. The van der Waals surface area contributed by atoms with E-state index in [2.05, 4.69) is 12.2 Å². The number of benzene rings is 1. The van der Waals surface area contributed by atoms with Crippen LogP contribution < -0.4 is 5.32 Å². The first-order valence-electron chi connectivity index (χ1n) is 7.12. The van der Waals surface area contributed by atoms with E-state index >= 15 is 0 Å². The molecule has 108 valence electrons. The lowest BCUT2D eigenvalue weighted by atomic mass is 9.77. The number of nitrogens with one attached hydrogen (secondary N) is 1. The van der Waals surface area contributed by atoms with E-state index in [0.717, 1.165) is 31.2 Å². The first kappa shape index (κ1) is 15.0. The molecule has 1 aromatic rings. The number of nitriles is 1. The molecule has 0 aromatic heterocycles. The summed E-state index contributed by atoms with van der Waals surface area (Å²) in [6, 6.07) is 6.31. The summed E-state index contributed by atoms with van der Waals surface area (Å²) in [5.74, 6) is 0.312. The standard InChI is InChI=1S/C16H21FN2O/c1-12-2-4-16(11-20,5-3-12)19-10-14-6-13(9-18)7-15(17)8-14/h6-8,12,19-20H,2-5,10-11H2,1H3. The highest BCUT2D eigenvalue weighted by atomic mass is 19.1. The van der Waals surface area contributed by atoms with Crippen LogP contribution in [0, 0.1) is 23.1 Å². The van der Waals surface area contributed by atoms with Crippen LogP contribution in [0.3, 0.4) is 0 Å². The molecule has 1 aromatic carbocycles. The molecule has 1 saturated carbocycles. The molecule has 2 rings (SSSR count). The zero-order chi connectivity index (χ0) is 14.6. The molecule has 0 amide bonds. The van der Waals surface area contributed by atoms with Crippen molar-refractivity contribution in [3.63, 3.8) is 0 Å². The molecule has 1 aliphatic rings. The summed E-state index contributed by atoms with van der Waals surface area (Å²) in [5, 5.41) is 21.9. The Morgan fingerprint density at radius 1 is 1.40 bits per heavy atom. The summed E-state index contributed by atoms with van der Waals surface area (Å²) < 4.78 is 13.4. The zero-order valence-electron chi connectivity index (χ0n) is 11.8. The number of aliphatic hydroxyl groups excluding tert-OH is 1. The van der Waals surface area contributed by atoms with Crippen molar-refractivity contribution in [1.82, 2.24) is 5.32 Å². The molecule has 0 heterocycles. The average Bonchev–Trinajstić information content (AvgIpc) is 2.46. The van der Waals surface area contributed by atoms with E-state index in [9.17, 15) is 9.50 Å². The third-order valence-corrected chi connectivity index (χ3v) is 4.29. The minimum atomic E-state index is -0.392. The van der Waals surface area contributed by atoms with Crippen LogP contribution in [-0.2, 0) is 6.54 Å². The van der Waals surface area contributed by atoms with Crippen LogP contribution in [0.5, 0.6) is 0 Å². The fraction of sp³-hybridized carbons (Fsp3) is 0.562. The van der Waals surface area contributed by atoms with Gasteiger partial charge in [0, 0.05) is 12.1 Å². The lowest BCUT2D eigenvalue weighted by Crippen LogP contribution is -2.50. The van der Waals surface area contributed by atoms with Gasteiger partial charge in [0.05, 0.1) is 18.2 Å². The Labute approximate surface area is 119 Å². The molecule has 0 radical (unpaired) electrons. The second-order valence-electron chi connectivity index (χ2n) is 5.93. The number of hydrogen-bond acceptors (Lipinski definition) is 3. The van der Waals surface area contributed by atoms with Gasteiger partial charge in [0.15, 0.2) is 0 Å². The quantitative estimate of drug-likeness (QED) is 0.889. The van der Waals surface area contributed by atoms with Gasteiger partial charge >= 0.3 is 0 Å². The average molecular weight is 276 g/mol. The van der Waals surface area contributed by atoms with Crippen molar-refractivity contribution < 1.29 is 9.50 Å². The topological polar surface area (TPSA) is 56.0 Å². The predicted molar refractivity (Wildman–Crippen MR) is 75.4 cm³/mol. The molecule has 0 spiro atoms. The Morgan fingerprint density at radius 3 is 2.70 bits per heavy atom. The van der Waals surface area contributed by atoms with Gasteiger partial charge in [-0.1, -0.05) is 6.92 Å². The van der Waals surface area contributed by atoms with Gasteiger partial charge < -0.3 is 10.4 Å². The van der Waals surface area contributed by atoms with Crippen molar-refractivity contribution in [2.75, 3.05) is 6.61 Å². The van der Waals surface area contributed by atoms with E-state index in [1.54, 1.807) is 6.07 Å². The third kappa shape index (κ3) is 3.56. The van der Waals surface area contributed by atoms with Crippen molar-refractivity contribution in [3.05, 3.63) is 35.1 Å². The molecule has 1 aliphatic carbocycles. The van der Waals surface area contributed by atoms with Gasteiger partial charge in [0.1, 0.15) is 5.82 Å². The summed E-state index contributed by atoms with van der Waals surface area (Å²) in [5.41, 5.74) is 0.816. The van der Waals surface area contributed by atoms with Crippen molar-refractivity contribution >= 4 is 0 Å². The molecule has 0 unspecified atom stereocenters. The first-order valence-corrected chi connectivity index (χ1v) is 7.12. The fourth-order valence-electron chi connectivity index (χ4n) is 2.81. The summed E-state index contributed by atoms with van der Waals surface area (Å²) in [7, 11) is 0. The van der Waals surface area contributed by atoms with Gasteiger partial charge in [-0.15, -0.1) is 0 Å². The SMILES string of the molecule is CC1CCC(CO)(NCc2cc(F)cc(C#N)c2)CC1. The van der Waals surface area contributed by atoms with Crippen LogP contribution in [-0.4, -0.2) is 17.3 Å². The summed E-state index contributed by atoms with van der Waals surface area (Å²) in [6.07, 6.45) is 4.07. The van der Waals surface area contributed by atoms with Crippen molar-refractivity contribution in [2.24, 2.45) is 5.92 Å². The van der Waals surface area contributed by atoms with Gasteiger partial charge in [-0.3, -0.25) is 0 Å². The molecule has 3 nitrogen and oxygen atoms in total. The number of nitrogens with zero attached hydrogens (tertiary/aromatic N) is 1. The smallest absolute Gasteiger partial charge is 0.124 e. The molecule has 0 bridgehead atoms. The van der Waals surface area contributed by atoms with E-state index < -0.39 is 5.82 Å². The molecule has 0 saturated heterocycles. The van der Waals surface area contributed by atoms with Crippen LogP contribution in [0.2, 0.25) is 0 Å². The molecular formula is C16H21FN2O. The Kier molecular flexibility index (Phi) is 4.74. The highest BCUT2D eigenvalue weighted by Gasteiger charge is 2.32. The minimum absolute atomic E-state index is 0.0974. The van der Waals surface area contributed by atoms with Gasteiger partial charge in [0.2, 0.25) is 0 Å². The molecule has 0 aliphatic heterocycles. The molecule has 20 heavy (non-hydrogen) atoms. The molecule has 2 N–H and O–H groups in total. The van der Waals surface area contributed by atoms with Crippen molar-refractivity contribution in [3.8, 4) is 6.07 Å². The number of halogens is 1. The van der Waals surface area contributed by atoms with Crippen LogP contribution in [0.15, 0.2) is 18.2 Å². The van der Waals surface area contributed by atoms with Gasteiger partial charge in [-0.05, 0) is 55.4 Å². The van der Waals surface area contributed by atoms with Crippen LogP contribution in [0.1, 0.15) is 43.7 Å². The second kappa shape index (κ2) is 6.34.